The molecule has 1 spiro atoms. The predicted octanol–water partition coefficient (Wildman–Crippen LogP) is 3.91. The van der Waals surface area contributed by atoms with Crippen molar-refractivity contribution in [3.05, 3.63) is 53.6 Å². The maximum Gasteiger partial charge on any atom is 0.321 e. The van der Waals surface area contributed by atoms with E-state index >= 15 is 0 Å². The van der Waals surface area contributed by atoms with Gasteiger partial charge in [0, 0.05) is 37.6 Å². The molecule has 0 radical (unpaired) electrons. The molecule has 0 bridgehead atoms. The molecule has 2 aromatic carbocycles. The smallest absolute Gasteiger partial charge is 0.321 e. The fourth-order valence-corrected chi connectivity index (χ4v) is 3.42. The summed E-state index contributed by atoms with van der Waals surface area (Å²) in [6.07, 6.45) is 0.968. The number of piperidine rings is 1. The average Bonchev–Trinajstić information content (AvgIpc) is 2.70. The normalized spacial score (nSPS) is 17.6. The summed E-state index contributed by atoms with van der Waals surface area (Å²) >= 11 is 0. The van der Waals surface area contributed by atoms with Crippen LogP contribution >= 0.6 is 0 Å². The van der Waals surface area contributed by atoms with Gasteiger partial charge in [-0.25, -0.2) is 13.6 Å². The van der Waals surface area contributed by atoms with Crippen LogP contribution in [0.4, 0.5) is 19.3 Å². The molecule has 2 amide bonds. The largest absolute Gasteiger partial charge is 0.497 e. The van der Waals surface area contributed by atoms with Crippen molar-refractivity contribution in [3.63, 3.8) is 0 Å². The van der Waals surface area contributed by atoms with E-state index in [4.69, 9.17) is 14.2 Å². The monoisotopic (exact) mass is 390 g/mol. The molecule has 0 atom stereocenters. The highest BCUT2D eigenvalue weighted by Crippen LogP contribution is 2.38. The van der Waals surface area contributed by atoms with Crippen LogP contribution in [0.15, 0.2) is 36.4 Å². The van der Waals surface area contributed by atoms with Gasteiger partial charge in [-0.1, -0.05) is 0 Å². The van der Waals surface area contributed by atoms with Gasteiger partial charge in [-0.05, 0) is 30.3 Å². The Morgan fingerprint density at radius 3 is 2.68 bits per heavy atom. The van der Waals surface area contributed by atoms with Gasteiger partial charge in [0.15, 0.2) is 0 Å². The molecule has 2 aromatic rings. The molecule has 4 rings (SSSR count). The van der Waals surface area contributed by atoms with Gasteiger partial charge >= 0.3 is 6.03 Å². The number of anilines is 1. The summed E-state index contributed by atoms with van der Waals surface area (Å²) in [4.78, 5) is 14.0. The quantitative estimate of drug-likeness (QED) is 0.845. The van der Waals surface area contributed by atoms with E-state index < -0.39 is 23.5 Å². The summed E-state index contributed by atoms with van der Waals surface area (Å²) in [5.41, 5.74) is 0.858. The number of rotatable bonds is 2. The SMILES string of the molecule is COc1ccc2c(c1)COC1(CCN(C(=O)Nc3ccc(F)cc3F)CC1)O2. The van der Waals surface area contributed by atoms with Gasteiger partial charge in [0.2, 0.25) is 5.79 Å². The van der Waals surface area contributed by atoms with E-state index in [1.165, 1.54) is 6.07 Å². The Hall–Kier alpha value is -2.87. The maximum atomic E-state index is 13.7. The van der Waals surface area contributed by atoms with E-state index in [1.807, 2.05) is 18.2 Å². The van der Waals surface area contributed by atoms with Crippen molar-refractivity contribution in [2.24, 2.45) is 0 Å². The minimum absolute atomic E-state index is 0.0558. The Balaban J connectivity index is 1.38. The average molecular weight is 390 g/mol. The van der Waals surface area contributed by atoms with Crippen LogP contribution in [0.5, 0.6) is 11.5 Å². The molecule has 148 valence electrons. The predicted molar refractivity (Wildman–Crippen MR) is 97.3 cm³/mol. The zero-order valence-electron chi connectivity index (χ0n) is 15.3. The van der Waals surface area contributed by atoms with Crippen LogP contribution in [0, 0.1) is 11.6 Å². The van der Waals surface area contributed by atoms with Gasteiger partial charge < -0.3 is 24.4 Å². The molecule has 1 saturated heterocycles. The number of ether oxygens (including phenoxy) is 3. The number of nitrogens with one attached hydrogen (secondary N) is 1. The summed E-state index contributed by atoms with van der Waals surface area (Å²) in [5.74, 6) is -0.799. The van der Waals surface area contributed by atoms with Crippen molar-refractivity contribution in [2.45, 2.75) is 25.2 Å². The molecule has 28 heavy (non-hydrogen) atoms. The summed E-state index contributed by atoms with van der Waals surface area (Å²) in [5, 5.41) is 2.48. The van der Waals surface area contributed by atoms with Crippen LogP contribution < -0.4 is 14.8 Å². The van der Waals surface area contributed by atoms with Gasteiger partial charge in [-0.3, -0.25) is 0 Å². The first-order valence-corrected chi connectivity index (χ1v) is 8.99. The summed E-state index contributed by atoms with van der Waals surface area (Å²) < 4.78 is 44.0. The number of benzene rings is 2. The lowest BCUT2D eigenvalue weighted by Crippen LogP contribution is -2.53. The number of methoxy groups -OCH3 is 1. The topological polar surface area (TPSA) is 60.0 Å². The molecule has 8 heteroatoms. The van der Waals surface area contributed by atoms with E-state index in [1.54, 1.807) is 12.0 Å². The number of nitrogens with zero attached hydrogens (tertiary/aromatic N) is 1. The minimum Gasteiger partial charge on any atom is -0.497 e. The van der Waals surface area contributed by atoms with Crippen molar-refractivity contribution in [1.29, 1.82) is 0 Å². The lowest BCUT2D eigenvalue weighted by molar-refractivity contribution is -0.225. The highest BCUT2D eigenvalue weighted by Gasteiger charge is 2.42. The molecular weight excluding hydrogens is 370 g/mol. The van der Waals surface area contributed by atoms with E-state index in [-0.39, 0.29) is 5.69 Å². The van der Waals surface area contributed by atoms with Gasteiger partial charge in [0.1, 0.15) is 23.1 Å². The molecular formula is C20H20F2N2O4. The lowest BCUT2D eigenvalue weighted by Gasteiger charge is -2.43. The van der Waals surface area contributed by atoms with Crippen LogP contribution in [-0.2, 0) is 11.3 Å². The molecule has 0 unspecified atom stereocenters. The summed E-state index contributed by atoms with van der Waals surface area (Å²) in [6.45, 7) is 1.18. The summed E-state index contributed by atoms with van der Waals surface area (Å²) in [6, 6.07) is 8.15. The lowest BCUT2D eigenvalue weighted by atomic mass is 10.0. The van der Waals surface area contributed by atoms with Gasteiger partial charge in [0.25, 0.3) is 0 Å². The first-order valence-electron chi connectivity index (χ1n) is 8.99. The number of amides is 2. The van der Waals surface area contributed by atoms with Crippen molar-refractivity contribution in [1.82, 2.24) is 4.90 Å². The Kier molecular flexibility index (Phi) is 4.80. The van der Waals surface area contributed by atoms with Crippen molar-refractivity contribution >= 4 is 11.7 Å². The molecule has 0 aliphatic carbocycles. The number of hydrogen-bond acceptors (Lipinski definition) is 4. The number of carbonyl (C=O) groups excluding carboxylic acids is 1. The highest BCUT2D eigenvalue weighted by molar-refractivity contribution is 5.89. The molecule has 6 nitrogen and oxygen atoms in total. The number of carbonyl (C=O) groups is 1. The van der Waals surface area contributed by atoms with Gasteiger partial charge in [-0.2, -0.15) is 0 Å². The second kappa shape index (κ2) is 7.27. The third-order valence-corrected chi connectivity index (χ3v) is 5.04. The second-order valence-corrected chi connectivity index (χ2v) is 6.82. The van der Waals surface area contributed by atoms with E-state index in [0.29, 0.717) is 32.5 Å². The molecule has 0 aromatic heterocycles. The zero-order chi connectivity index (χ0) is 19.7. The third-order valence-electron chi connectivity index (χ3n) is 5.04. The third kappa shape index (κ3) is 3.60. The molecule has 2 aliphatic heterocycles. The minimum atomic E-state index is -0.812. The fraction of sp³-hybridized carbons (Fsp3) is 0.350. The van der Waals surface area contributed by atoms with Crippen LogP contribution in [0.3, 0.4) is 0 Å². The van der Waals surface area contributed by atoms with Gasteiger partial charge in [-0.15, -0.1) is 0 Å². The van der Waals surface area contributed by atoms with Crippen molar-refractivity contribution in [2.75, 3.05) is 25.5 Å². The molecule has 1 fully saturated rings. The van der Waals surface area contributed by atoms with E-state index in [9.17, 15) is 13.6 Å². The van der Waals surface area contributed by atoms with Crippen molar-refractivity contribution < 1.29 is 27.8 Å². The molecule has 2 heterocycles. The van der Waals surface area contributed by atoms with E-state index in [0.717, 1.165) is 29.2 Å². The number of fused-ring (bicyclic) bond motifs is 1. The first kappa shape index (κ1) is 18.5. The number of hydrogen-bond donors (Lipinski definition) is 1. The van der Waals surface area contributed by atoms with Crippen molar-refractivity contribution in [3.8, 4) is 11.5 Å². The maximum absolute atomic E-state index is 13.7. The van der Waals surface area contributed by atoms with Crippen LogP contribution in [-0.4, -0.2) is 36.9 Å². The fourth-order valence-electron chi connectivity index (χ4n) is 3.42. The Labute approximate surface area is 161 Å². The zero-order valence-corrected chi connectivity index (χ0v) is 15.3. The Morgan fingerprint density at radius 1 is 1.18 bits per heavy atom. The number of urea groups is 1. The number of likely N-dealkylation sites (tertiary alicyclic amines) is 1. The molecule has 0 saturated carbocycles. The van der Waals surface area contributed by atoms with Crippen LogP contribution in [0.1, 0.15) is 18.4 Å². The second-order valence-electron chi connectivity index (χ2n) is 6.82. The molecule has 2 aliphatic rings. The first-order chi connectivity index (χ1) is 13.5. The standard InChI is InChI=1S/C20H20F2N2O4/c1-26-15-3-5-18-13(10-15)12-27-20(28-18)6-8-24(9-7-20)19(25)23-17-4-2-14(21)11-16(17)22/h2-5,10-11H,6-9,12H2,1H3,(H,23,25). The number of halogens is 2. The molecule has 1 N–H and O–H groups in total. The van der Waals surface area contributed by atoms with Crippen LogP contribution in [0.2, 0.25) is 0 Å². The van der Waals surface area contributed by atoms with Gasteiger partial charge in [0.05, 0.1) is 19.4 Å². The van der Waals surface area contributed by atoms with Crippen LogP contribution in [0.25, 0.3) is 0 Å². The Bertz CT molecular complexity index is 898. The highest BCUT2D eigenvalue weighted by atomic mass is 19.1. The summed E-state index contributed by atoms with van der Waals surface area (Å²) in [7, 11) is 1.60. The Morgan fingerprint density at radius 2 is 1.96 bits per heavy atom. The van der Waals surface area contributed by atoms with E-state index in [2.05, 4.69) is 5.32 Å².